The molecular weight excluding hydrogens is 256 g/mol. The van der Waals surface area contributed by atoms with Crippen molar-refractivity contribution in [3.05, 3.63) is 29.8 Å². The normalized spacial score (nSPS) is 21.5. The molecule has 0 bridgehead atoms. The van der Waals surface area contributed by atoms with E-state index in [1.165, 1.54) is 10.5 Å². The topological polar surface area (TPSA) is 32.3 Å². The standard InChI is InChI=1S/C15H20N2OS/c1-17(10-15(18)16-12-6-7-12)9-13-8-11-4-2-3-5-14(11)19-13/h2-5,12-13H,6-10H2,1H3,(H,16,18). The van der Waals surface area contributed by atoms with E-state index in [1.807, 2.05) is 18.8 Å². The van der Waals surface area contributed by atoms with Crippen molar-refractivity contribution in [2.24, 2.45) is 0 Å². The second-order valence-corrected chi connectivity index (χ2v) is 6.93. The van der Waals surface area contributed by atoms with Crippen molar-refractivity contribution >= 4 is 17.7 Å². The molecule has 3 rings (SSSR count). The van der Waals surface area contributed by atoms with Crippen molar-refractivity contribution in [3.8, 4) is 0 Å². The number of amides is 1. The summed E-state index contributed by atoms with van der Waals surface area (Å²) in [7, 11) is 2.04. The van der Waals surface area contributed by atoms with Crippen molar-refractivity contribution in [2.75, 3.05) is 20.1 Å². The molecule has 1 aliphatic carbocycles. The van der Waals surface area contributed by atoms with Gasteiger partial charge in [0, 0.05) is 22.7 Å². The fraction of sp³-hybridized carbons (Fsp3) is 0.533. The van der Waals surface area contributed by atoms with Gasteiger partial charge in [-0.05, 0) is 37.9 Å². The van der Waals surface area contributed by atoms with E-state index in [-0.39, 0.29) is 5.91 Å². The maximum atomic E-state index is 11.7. The van der Waals surface area contributed by atoms with Gasteiger partial charge in [0.25, 0.3) is 0 Å². The van der Waals surface area contributed by atoms with Crippen molar-refractivity contribution in [3.63, 3.8) is 0 Å². The molecule has 3 nitrogen and oxygen atoms in total. The lowest BCUT2D eigenvalue weighted by molar-refractivity contribution is -0.122. The Morgan fingerprint density at radius 3 is 2.95 bits per heavy atom. The van der Waals surface area contributed by atoms with Crippen molar-refractivity contribution < 1.29 is 4.79 Å². The van der Waals surface area contributed by atoms with Crippen LogP contribution in [0.5, 0.6) is 0 Å². The fourth-order valence-corrected chi connectivity index (χ4v) is 3.92. The van der Waals surface area contributed by atoms with Crippen LogP contribution in [0.4, 0.5) is 0 Å². The Kier molecular flexibility index (Phi) is 3.80. The summed E-state index contributed by atoms with van der Waals surface area (Å²) in [5.74, 6) is 0.172. The smallest absolute Gasteiger partial charge is 0.234 e. The van der Waals surface area contributed by atoms with E-state index in [0.717, 1.165) is 25.8 Å². The van der Waals surface area contributed by atoms with Gasteiger partial charge in [0.15, 0.2) is 0 Å². The summed E-state index contributed by atoms with van der Waals surface area (Å²) in [6, 6.07) is 9.07. The largest absolute Gasteiger partial charge is 0.352 e. The predicted molar refractivity (Wildman–Crippen MR) is 78.5 cm³/mol. The number of nitrogens with one attached hydrogen (secondary N) is 1. The quantitative estimate of drug-likeness (QED) is 0.891. The van der Waals surface area contributed by atoms with Crippen LogP contribution in [0.3, 0.4) is 0 Å². The number of hydrogen-bond acceptors (Lipinski definition) is 3. The zero-order chi connectivity index (χ0) is 13.2. The second-order valence-electron chi connectivity index (χ2n) is 5.59. The van der Waals surface area contributed by atoms with Gasteiger partial charge < -0.3 is 5.32 Å². The van der Waals surface area contributed by atoms with Crippen LogP contribution in [0.25, 0.3) is 0 Å². The van der Waals surface area contributed by atoms with E-state index in [9.17, 15) is 4.79 Å². The Morgan fingerprint density at radius 2 is 2.21 bits per heavy atom. The Hall–Kier alpha value is -1.00. The average Bonchev–Trinajstić information content (AvgIpc) is 3.06. The highest BCUT2D eigenvalue weighted by molar-refractivity contribution is 8.00. The van der Waals surface area contributed by atoms with Crippen LogP contribution in [-0.4, -0.2) is 42.2 Å². The number of rotatable bonds is 5. The molecule has 1 amide bonds. The monoisotopic (exact) mass is 276 g/mol. The van der Waals surface area contributed by atoms with Crippen LogP contribution in [-0.2, 0) is 11.2 Å². The molecule has 1 N–H and O–H groups in total. The maximum Gasteiger partial charge on any atom is 0.234 e. The van der Waals surface area contributed by atoms with Gasteiger partial charge in [-0.3, -0.25) is 9.69 Å². The predicted octanol–water partition coefficient (Wildman–Crippen LogP) is 1.91. The SMILES string of the molecule is CN(CC(=O)NC1CC1)CC1Cc2ccccc2S1. The van der Waals surface area contributed by atoms with Gasteiger partial charge in [0.2, 0.25) is 5.91 Å². The van der Waals surface area contributed by atoms with Crippen LogP contribution >= 0.6 is 11.8 Å². The Balaban J connectivity index is 1.45. The molecule has 19 heavy (non-hydrogen) atoms. The lowest BCUT2D eigenvalue weighted by Gasteiger charge is -2.19. The van der Waals surface area contributed by atoms with E-state index in [4.69, 9.17) is 0 Å². The maximum absolute atomic E-state index is 11.7. The van der Waals surface area contributed by atoms with Crippen LogP contribution in [0.15, 0.2) is 29.2 Å². The van der Waals surface area contributed by atoms with E-state index >= 15 is 0 Å². The molecule has 1 aromatic rings. The van der Waals surface area contributed by atoms with E-state index in [0.29, 0.717) is 17.8 Å². The number of nitrogens with zero attached hydrogens (tertiary/aromatic N) is 1. The minimum absolute atomic E-state index is 0.172. The molecular formula is C15H20N2OS. The van der Waals surface area contributed by atoms with Gasteiger partial charge >= 0.3 is 0 Å². The van der Waals surface area contributed by atoms with Gasteiger partial charge in [-0.25, -0.2) is 0 Å². The molecule has 1 atom stereocenters. The third-order valence-electron chi connectivity index (χ3n) is 3.59. The van der Waals surface area contributed by atoms with Gasteiger partial charge in [-0.15, -0.1) is 11.8 Å². The highest BCUT2D eigenvalue weighted by atomic mass is 32.2. The summed E-state index contributed by atoms with van der Waals surface area (Å²) in [6.45, 7) is 1.49. The summed E-state index contributed by atoms with van der Waals surface area (Å²) in [5.41, 5.74) is 1.45. The first-order valence-corrected chi connectivity index (χ1v) is 7.81. The highest BCUT2D eigenvalue weighted by Gasteiger charge is 2.25. The zero-order valence-corrected chi connectivity index (χ0v) is 12.1. The highest BCUT2D eigenvalue weighted by Crippen LogP contribution is 2.36. The minimum atomic E-state index is 0.172. The summed E-state index contributed by atoms with van der Waals surface area (Å²) in [6.07, 6.45) is 3.43. The Morgan fingerprint density at radius 1 is 1.42 bits per heavy atom. The molecule has 1 unspecified atom stereocenters. The van der Waals surface area contributed by atoms with E-state index in [2.05, 4.69) is 34.5 Å². The molecule has 1 fully saturated rings. The average molecular weight is 276 g/mol. The second kappa shape index (κ2) is 5.55. The van der Waals surface area contributed by atoms with Crippen molar-refractivity contribution in [1.29, 1.82) is 0 Å². The van der Waals surface area contributed by atoms with Crippen LogP contribution in [0, 0.1) is 0 Å². The molecule has 2 aliphatic rings. The van der Waals surface area contributed by atoms with Gasteiger partial charge in [-0.2, -0.15) is 0 Å². The third kappa shape index (κ3) is 3.51. The zero-order valence-electron chi connectivity index (χ0n) is 11.3. The first kappa shape index (κ1) is 13.0. The number of carbonyl (C=O) groups is 1. The van der Waals surface area contributed by atoms with Gasteiger partial charge in [0.05, 0.1) is 6.54 Å². The van der Waals surface area contributed by atoms with Crippen LogP contribution in [0.1, 0.15) is 18.4 Å². The number of likely N-dealkylation sites (N-methyl/N-ethyl adjacent to an activating group) is 1. The molecule has 1 aromatic carbocycles. The van der Waals surface area contributed by atoms with Crippen LogP contribution < -0.4 is 5.32 Å². The lowest BCUT2D eigenvalue weighted by atomic mass is 10.1. The molecule has 4 heteroatoms. The van der Waals surface area contributed by atoms with E-state index < -0.39 is 0 Å². The molecule has 1 aliphatic heterocycles. The lowest BCUT2D eigenvalue weighted by Crippen LogP contribution is -2.38. The molecule has 102 valence electrons. The first-order valence-electron chi connectivity index (χ1n) is 6.93. The van der Waals surface area contributed by atoms with Gasteiger partial charge in [0.1, 0.15) is 0 Å². The number of thioether (sulfide) groups is 1. The minimum Gasteiger partial charge on any atom is -0.352 e. The molecule has 1 heterocycles. The number of fused-ring (bicyclic) bond motifs is 1. The molecule has 0 radical (unpaired) electrons. The number of benzene rings is 1. The fourth-order valence-electron chi connectivity index (χ4n) is 2.51. The van der Waals surface area contributed by atoms with Gasteiger partial charge in [-0.1, -0.05) is 18.2 Å². The number of carbonyl (C=O) groups excluding carboxylic acids is 1. The number of hydrogen-bond donors (Lipinski definition) is 1. The van der Waals surface area contributed by atoms with E-state index in [1.54, 1.807) is 0 Å². The first-order chi connectivity index (χ1) is 9.20. The molecule has 0 spiro atoms. The molecule has 1 saturated carbocycles. The summed E-state index contributed by atoms with van der Waals surface area (Å²) in [5, 5.41) is 3.62. The Labute approximate surface area is 118 Å². The summed E-state index contributed by atoms with van der Waals surface area (Å²) >= 11 is 1.94. The van der Waals surface area contributed by atoms with Crippen molar-refractivity contribution in [2.45, 2.75) is 35.4 Å². The van der Waals surface area contributed by atoms with Crippen molar-refractivity contribution in [1.82, 2.24) is 10.2 Å². The summed E-state index contributed by atoms with van der Waals surface area (Å²) < 4.78 is 0. The molecule has 0 aromatic heterocycles. The third-order valence-corrected chi connectivity index (χ3v) is 4.89. The van der Waals surface area contributed by atoms with Crippen LogP contribution in [0.2, 0.25) is 0 Å². The summed E-state index contributed by atoms with van der Waals surface area (Å²) in [4.78, 5) is 15.3. The Bertz CT molecular complexity index is 448. The molecule has 0 saturated heterocycles.